The van der Waals surface area contributed by atoms with Crippen LogP contribution in [0.5, 0.6) is 0 Å². The molecule has 1 aromatic rings. The minimum absolute atomic E-state index is 0.0409. The molecule has 0 aliphatic carbocycles. The van der Waals surface area contributed by atoms with Gasteiger partial charge in [0.2, 0.25) is 0 Å². The van der Waals surface area contributed by atoms with E-state index in [-0.39, 0.29) is 5.60 Å². The Morgan fingerprint density at radius 2 is 1.77 bits per heavy atom. The highest BCUT2D eigenvalue weighted by molar-refractivity contribution is 6.47. The van der Waals surface area contributed by atoms with Crippen molar-refractivity contribution in [2.45, 2.75) is 33.3 Å². The summed E-state index contributed by atoms with van der Waals surface area (Å²) in [5, 5.41) is 1.30. The Morgan fingerprint density at radius 1 is 1.15 bits per heavy atom. The molecule has 1 rings (SSSR count). The van der Waals surface area contributed by atoms with Crippen molar-refractivity contribution in [3.05, 3.63) is 29.8 Å². The fraction of sp³-hybridized carbons (Fsp3) is 0.455. The minimum Gasteiger partial charge on any atom is -0.407 e. The lowest BCUT2D eigenvalue weighted by atomic mass is 10.2. The molecule has 0 saturated heterocycles. The van der Waals surface area contributed by atoms with Crippen molar-refractivity contribution in [3.63, 3.8) is 0 Å². The standard InChI is InChI=1S/C11H16OSi/c1-9-7-5-6-8-10(9)13-12-11(2,3)4/h5-8H,1-4H3. The van der Waals surface area contributed by atoms with Crippen molar-refractivity contribution in [2.24, 2.45) is 0 Å². The molecule has 0 spiro atoms. The Morgan fingerprint density at radius 3 is 2.31 bits per heavy atom. The molecular formula is C11H16OSi. The molecule has 0 fully saturated rings. The maximum Gasteiger partial charge on any atom is 0.269 e. The number of hydrogen-bond donors (Lipinski definition) is 0. The quantitative estimate of drug-likeness (QED) is 0.652. The lowest BCUT2D eigenvalue weighted by molar-refractivity contribution is 0.142. The Labute approximate surface area is 83.1 Å². The summed E-state index contributed by atoms with van der Waals surface area (Å²) in [5.74, 6) is 0. The Hall–Kier alpha value is -0.603. The van der Waals surface area contributed by atoms with Crippen molar-refractivity contribution < 1.29 is 4.43 Å². The fourth-order valence-corrected chi connectivity index (χ4v) is 1.72. The highest BCUT2D eigenvalue weighted by Crippen LogP contribution is 2.05. The van der Waals surface area contributed by atoms with E-state index >= 15 is 0 Å². The average molecular weight is 192 g/mol. The smallest absolute Gasteiger partial charge is 0.269 e. The van der Waals surface area contributed by atoms with Gasteiger partial charge >= 0.3 is 0 Å². The van der Waals surface area contributed by atoms with E-state index in [0.717, 1.165) is 0 Å². The topological polar surface area (TPSA) is 9.23 Å². The number of benzene rings is 1. The van der Waals surface area contributed by atoms with Crippen molar-refractivity contribution in [1.82, 2.24) is 0 Å². The molecule has 1 aromatic carbocycles. The fourth-order valence-electron chi connectivity index (χ4n) is 0.895. The highest BCUT2D eigenvalue weighted by Gasteiger charge is 2.11. The molecule has 0 saturated carbocycles. The maximum atomic E-state index is 5.72. The molecule has 2 heteroatoms. The van der Waals surface area contributed by atoms with E-state index in [1.807, 2.05) is 0 Å². The summed E-state index contributed by atoms with van der Waals surface area (Å²) in [6.45, 7) is 8.36. The van der Waals surface area contributed by atoms with Gasteiger partial charge in [-0.05, 0) is 38.4 Å². The summed E-state index contributed by atoms with van der Waals surface area (Å²) < 4.78 is 5.72. The molecule has 0 atom stereocenters. The minimum atomic E-state index is -0.0409. The van der Waals surface area contributed by atoms with Crippen LogP contribution in [0.4, 0.5) is 0 Å². The SMILES string of the molecule is Cc1ccccc1[Si]OC(C)(C)C. The molecule has 0 aliphatic rings. The summed E-state index contributed by atoms with van der Waals surface area (Å²) in [5.41, 5.74) is 1.27. The van der Waals surface area contributed by atoms with E-state index < -0.39 is 0 Å². The lowest BCUT2D eigenvalue weighted by Crippen LogP contribution is -2.29. The molecule has 2 radical (unpaired) electrons. The molecule has 0 N–H and O–H groups in total. The van der Waals surface area contributed by atoms with Crippen LogP contribution in [0.2, 0.25) is 0 Å². The third kappa shape index (κ3) is 3.74. The van der Waals surface area contributed by atoms with Crippen LogP contribution in [-0.4, -0.2) is 15.4 Å². The van der Waals surface area contributed by atoms with Gasteiger partial charge in [-0.25, -0.2) is 0 Å². The van der Waals surface area contributed by atoms with Gasteiger partial charge in [-0.1, -0.05) is 24.3 Å². The van der Waals surface area contributed by atoms with Crippen LogP contribution >= 0.6 is 0 Å². The van der Waals surface area contributed by atoms with Gasteiger partial charge in [-0.15, -0.1) is 0 Å². The van der Waals surface area contributed by atoms with Gasteiger partial charge < -0.3 is 4.43 Å². The van der Waals surface area contributed by atoms with E-state index in [4.69, 9.17) is 4.43 Å². The molecular weight excluding hydrogens is 176 g/mol. The summed E-state index contributed by atoms with van der Waals surface area (Å²) >= 11 is 0. The first-order valence-electron chi connectivity index (χ1n) is 4.49. The molecule has 0 aromatic heterocycles. The van der Waals surface area contributed by atoms with Crippen LogP contribution in [0.1, 0.15) is 26.3 Å². The van der Waals surface area contributed by atoms with Gasteiger partial charge in [0.25, 0.3) is 9.76 Å². The third-order valence-electron chi connectivity index (χ3n) is 1.61. The van der Waals surface area contributed by atoms with Crippen LogP contribution in [-0.2, 0) is 4.43 Å². The summed E-state index contributed by atoms with van der Waals surface area (Å²) in [7, 11) is 0.455. The van der Waals surface area contributed by atoms with E-state index in [9.17, 15) is 0 Å². The van der Waals surface area contributed by atoms with Crippen LogP contribution in [0.3, 0.4) is 0 Å². The Kier molecular flexibility index (Phi) is 3.28. The lowest BCUT2D eigenvalue weighted by Gasteiger charge is -2.19. The van der Waals surface area contributed by atoms with Gasteiger partial charge in [-0.3, -0.25) is 0 Å². The number of aryl methyl sites for hydroxylation is 1. The number of hydrogen-bond acceptors (Lipinski definition) is 1. The predicted octanol–water partition coefficient (Wildman–Crippen LogP) is 2.05. The molecule has 13 heavy (non-hydrogen) atoms. The van der Waals surface area contributed by atoms with Gasteiger partial charge in [0.1, 0.15) is 0 Å². The first-order valence-corrected chi connectivity index (χ1v) is 5.39. The van der Waals surface area contributed by atoms with Gasteiger partial charge in [0.05, 0.1) is 0 Å². The van der Waals surface area contributed by atoms with Crippen LogP contribution < -0.4 is 5.19 Å². The predicted molar refractivity (Wildman–Crippen MR) is 57.4 cm³/mol. The molecule has 0 amide bonds. The summed E-state index contributed by atoms with van der Waals surface area (Å²) in [6, 6.07) is 8.36. The van der Waals surface area contributed by atoms with Crippen LogP contribution in [0.15, 0.2) is 24.3 Å². The summed E-state index contributed by atoms with van der Waals surface area (Å²) in [6.07, 6.45) is 0. The first-order chi connectivity index (χ1) is 5.99. The van der Waals surface area contributed by atoms with Gasteiger partial charge in [-0.2, -0.15) is 0 Å². The molecule has 0 heterocycles. The van der Waals surface area contributed by atoms with E-state index in [1.54, 1.807) is 0 Å². The zero-order valence-corrected chi connectivity index (χ0v) is 9.72. The van der Waals surface area contributed by atoms with Gasteiger partial charge in [0, 0.05) is 5.60 Å². The molecule has 70 valence electrons. The van der Waals surface area contributed by atoms with Crippen LogP contribution in [0.25, 0.3) is 0 Å². The second kappa shape index (κ2) is 4.07. The molecule has 0 unspecified atom stereocenters. The van der Waals surface area contributed by atoms with E-state index in [0.29, 0.717) is 9.76 Å². The second-order valence-corrected chi connectivity index (χ2v) is 5.08. The van der Waals surface area contributed by atoms with Crippen molar-refractivity contribution in [2.75, 3.05) is 0 Å². The highest BCUT2D eigenvalue weighted by atomic mass is 28.2. The maximum absolute atomic E-state index is 5.72. The molecule has 1 nitrogen and oxygen atoms in total. The van der Waals surface area contributed by atoms with E-state index in [2.05, 4.69) is 52.0 Å². The largest absolute Gasteiger partial charge is 0.407 e. The zero-order chi connectivity index (χ0) is 9.90. The van der Waals surface area contributed by atoms with Gasteiger partial charge in [0.15, 0.2) is 0 Å². The second-order valence-electron chi connectivity index (χ2n) is 4.13. The first kappa shape index (κ1) is 10.5. The molecule has 0 aliphatic heterocycles. The average Bonchev–Trinajstić information content (AvgIpc) is 2.01. The van der Waals surface area contributed by atoms with E-state index in [1.165, 1.54) is 10.8 Å². The molecule has 0 bridgehead atoms. The van der Waals surface area contributed by atoms with Crippen molar-refractivity contribution >= 4 is 14.9 Å². The Balaban J connectivity index is 2.60. The summed E-state index contributed by atoms with van der Waals surface area (Å²) in [4.78, 5) is 0. The van der Waals surface area contributed by atoms with Crippen molar-refractivity contribution in [3.8, 4) is 0 Å². The monoisotopic (exact) mass is 192 g/mol. The number of rotatable bonds is 2. The van der Waals surface area contributed by atoms with Crippen molar-refractivity contribution in [1.29, 1.82) is 0 Å². The normalized spacial score (nSPS) is 11.7. The zero-order valence-electron chi connectivity index (χ0n) is 8.72. The third-order valence-corrected chi connectivity index (χ3v) is 3.11. The van der Waals surface area contributed by atoms with Crippen LogP contribution in [0, 0.1) is 6.92 Å². The Bertz CT molecular complexity index is 276.